The number of hydrogen-bond donors (Lipinski definition) is 0. The normalized spacial score (nSPS) is 11.1. The maximum absolute atomic E-state index is 13.0. The second-order valence-corrected chi connectivity index (χ2v) is 8.24. The Hall–Kier alpha value is -2.13. The summed E-state index contributed by atoms with van der Waals surface area (Å²) < 4.78 is 11.8. The van der Waals surface area contributed by atoms with Gasteiger partial charge in [0, 0.05) is 24.0 Å². The van der Waals surface area contributed by atoms with Crippen LogP contribution in [0.25, 0.3) is 16.3 Å². The molecule has 2 aromatic heterocycles. The first-order chi connectivity index (χ1) is 13.5. The molecule has 3 rings (SSSR count). The van der Waals surface area contributed by atoms with Gasteiger partial charge in [-0.3, -0.25) is 9.69 Å². The Morgan fingerprint density at radius 2 is 1.86 bits per heavy atom. The van der Waals surface area contributed by atoms with Crippen LogP contribution in [0.15, 0.2) is 35.7 Å². The number of likely N-dealkylation sites (N-methyl/N-ethyl adjacent to an activating group) is 1. The molecule has 0 bridgehead atoms. The minimum atomic E-state index is -0.104. The summed E-state index contributed by atoms with van der Waals surface area (Å²) in [6, 6.07) is 7.62. The maximum atomic E-state index is 13.0. The van der Waals surface area contributed by atoms with Gasteiger partial charge in [0.25, 0.3) is 5.91 Å². The Labute approximate surface area is 184 Å². The fourth-order valence-electron chi connectivity index (χ4n) is 2.62. The number of anilines is 1. The smallest absolute Gasteiger partial charge is 0.252 e. The molecule has 0 atom stereocenters. The molecule has 0 unspecified atom stereocenters. The number of hydrogen-bond acceptors (Lipinski definition) is 7. The van der Waals surface area contributed by atoms with E-state index in [1.54, 1.807) is 36.5 Å². The number of rotatable bonds is 8. The predicted molar refractivity (Wildman–Crippen MR) is 124 cm³/mol. The number of nitrogens with zero attached hydrogens (tertiary/aromatic N) is 3. The van der Waals surface area contributed by atoms with Crippen molar-refractivity contribution >= 4 is 62.4 Å². The summed E-state index contributed by atoms with van der Waals surface area (Å²) in [5.74, 6) is 1.27. The predicted octanol–water partition coefficient (Wildman–Crippen LogP) is 4.40. The summed E-state index contributed by atoms with van der Waals surface area (Å²) >= 11 is 3.02. The molecule has 0 N–H and O–H groups in total. The number of amides is 1. The molecule has 1 amide bonds. The SMILES string of the molecule is COc1ccc(OC)c2sc(N(CCN(C)C)C(=O)C=Cc3cccs3)nc12.Cl. The molecule has 0 aliphatic heterocycles. The summed E-state index contributed by atoms with van der Waals surface area (Å²) in [6.07, 6.45) is 3.44. The van der Waals surface area contributed by atoms with Crippen LogP contribution in [0.1, 0.15) is 4.88 Å². The molecular formula is C20H24ClN3O3S2. The number of thiazole rings is 1. The van der Waals surface area contributed by atoms with Crippen molar-refractivity contribution in [2.24, 2.45) is 0 Å². The van der Waals surface area contributed by atoms with E-state index in [1.165, 1.54) is 11.3 Å². The first-order valence-corrected chi connectivity index (χ1v) is 10.4. The molecule has 6 nitrogen and oxygen atoms in total. The first-order valence-electron chi connectivity index (χ1n) is 8.72. The molecule has 1 aromatic carbocycles. The van der Waals surface area contributed by atoms with E-state index < -0.39 is 0 Å². The van der Waals surface area contributed by atoms with Gasteiger partial charge in [-0.25, -0.2) is 4.98 Å². The Kier molecular flexibility index (Phi) is 8.45. The molecule has 9 heteroatoms. The van der Waals surface area contributed by atoms with Crippen LogP contribution in [0.3, 0.4) is 0 Å². The number of thiophene rings is 1. The zero-order valence-electron chi connectivity index (χ0n) is 16.7. The third kappa shape index (κ3) is 5.48. The van der Waals surface area contributed by atoms with E-state index in [4.69, 9.17) is 14.5 Å². The minimum absolute atomic E-state index is 0. The highest BCUT2D eigenvalue weighted by atomic mass is 35.5. The van der Waals surface area contributed by atoms with Crippen molar-refractivity contribution in [2.45, 2.75) is 0 Å². The van der Waals surface area contributed by atoms with Crippen LogP contribution < -0.4 is 14.4 Å². The highest BCUT2D eigenvalue weighted by Gasteiger charge is 2.21. The largest absolute Gasteiger partial charge is 0.495 e. The zero-order valence-corrected chi connectivity index (χ0v) is 19.2. The molecule has 0 aliphatic rings. The summed E-state index contributed by atoms with van der Waals surface area (Å²) in [7, 11) is 7.20. The lowest BCUT2D eigenvalue weighted by atomic mass is 10.3. The second-order valence-electron chi connectivity index (χ2n) is 6.29. The van der Waals surface area contributed by atoms with Crippen LogP contribution in [0.2, 0.25) is 0 Å². The average molecular weight is 454 g/mol. The van der Waals surface area contributed by atoms with Crippen molar-refractivity contribution in [1.29, 1.82) is 0 Å². The molecule has 0 aliphatic carbocycles. The van der Waals surface area contributed by atoms with E-state index in [9.17, 15) is 4.79 Å². The summed E-state index contributed by atoms with van der Waals surface area (Å²) in [4.78, 5) is 22.4. The molecule has 0 fully saturated rings. The Morgan fingerprint density at radius 3 is 2.48 bits per heavy atom. The van der Waals surface area contributed by atoms with Gasteiger partial charge in [0.15, 0.2) is 5.13 Å². The third-order valence-electron chi connectivity index (χ3n) is 4.10. The quantitative estimate of drug-likeness (QED) is 0.473. The zero-order chi connectivity index (χ0) is 20.1. The second kappa shape index (κ2) is 10.6. The van der Waals surface area contributed by atoms with E-state index in [2.05, 4.69) is 0 Å². The number of carbonyl (C=O) groups is 1. The average Bonchev–Trinajstić information content (AvgIpc) is 3.35. The van der Waals surface area contributed by atoms with Gasteiger partial charge in [0.2, 0.25) is 0 Å². The van der Waals surface area contributed by atoms with Gasteiger partial charge in [0.05, 0.1) is 14.2 Å². The monoisotopic (exact) mass is 453 g/mol. The van der Waals surface area contributed by atoms with Crippen molar-refractivity contribution in [3.05, 3.63) is 40.6 Å². The number of aromatic nitrogens is 1. The number of halogens is 1. The summed E-state index contributed by atoms with van der Waals surface area (Å²) in [5, 5.41) is 2.61. The first kappa shape index (κ1) is 23.2. The van der Waals surface area contributed by atoms with Gasteiger partial charge in [-0.1, -0.05) is 17.4 Å². The maximum Gasteiger partial charge on any atom is 0.252 e. The molecule has 0 saturated carbocycles. The van der Waals surface area contributed by atoms with E-state index in [0.717, 1.165) is 16.1 Å². The van der Waals surface area contributed by atoms with Crippen LogP contribution in [0.4, 0.5) is 5.13 Å². The van der Waals surface area contributed by atoms with Crippen molar-refractivity contribution in [3.8, 4) is 11.5 Å². The third-order valence-corrected chi connectivity index (χ3v) is 6.03. The van der Waals surface area contributed by atoms with Gasteiger partial charge in [-0.05, 0) is 43.8 Å². The van der Waals surface area contributed by atoms with E-state index in [-0.39, 0.29) is 18.3 Å². The Morgan fingerprint density at radius 1 is 1.14 bits per heavy atom. The fourth-order valence-corrected chi connectivity index (χ4v) is 4.34. The molecule has 29 heavy (non-hydrogen) atoms. The number of carbonyl (C=O) groups excluding carboxylic acids is 1. The van der Waals surface area contributed by atoms with E-state index in [1.807, 2.05) is 54.7 Å². The van der Waals surface area contributed by atoms with Gasteiger partial charge in [0.1, 0.15) is 21.7 Å². The number of ether oxygens (including phenoxy) is 2. The highest BCUT2D eigenvalue weighted by Crippen LogP contribution is 2.40. The van der Waals surface area contributed by atoms with Gasteiger partial charge >= 0.3 is 0 Å². The molecule has 156 valence electrons. The van der Waals surface area contributed by atoms with E-state index >= 15 is 0 Å². The summed E-state index contributed by atoms with van der Waals surface area (Å²) in [5.41, 5.74) is 0.701. The molecule has 0 spiro atoms. The highest BCUT2D eigenvalue weighted by molar-refractivity contribution is 7.22. The van der Waals surface area contributed by atoms with Crippen LogP contribution >= 0.6 is 35.1 Å². The van der Waals surface area contributed by atoms with Gasteiger partial charge in [-0.15, -0.1) is 23.7 Å². The number of methoxy groups -OCH3 is 2. The lowest BCUT2D eigenvalue weighted by molar-refractivity contribution is -0.114. The van der Waals surface area contributed by atoms with Crippen molar-refractivity contribution in [2.75, 3.05) is 46.3 Å². The topological polar surface area (TPSA) is 54.9 Å². The number of benzene rings is 1. The van der Waals surface area contributed by atoms with Gasteiger partial charge in [-0.2, -0.15) is 0 Å². The molecule has 3 aromatic rings. The van der Waals surface area contributed by atoms with Gasteiger partial charge < -0.3 is 14.4 Å². The van der Waals surface area contributed by atoms with Crippen molar-refractivity contribution in [1.82, 2.24) is 9.88 Å². The number of fused-ring (bicyclic) bond motifs is 1. The minimum Gasteiger partial charge on any atom is -0.495 e. The Balaban J connectivity index is 0.00000300. The van der Waals surface area contributed by atoms with Crippen LogP contribution in [0, 0.1) is 0 Å². The lowest BCUT2D eigenvalue weighted by Crippen LogP contribution is -2.35. The molecule has 0 saturated heterocycles. The van der Waals surface area contributed by atoms with Crippen LogP contribution in [0.5, 0.6) is 11.5 Å². The summed E-state index contributed by atoms with van der Waals surface area (Å²) in [6.45, 7) is 1.26. The van der Waals surface area contributed by atoms with Crippen molar-refractivity contribution in [3.63, 3.8) is 0 Å². The Bertz CT molecular complexity index is 930. The molecule has 2 heterocycles. The lowest BCUT2D eigenvalue weighted by Gasteiger charge is -2.20. The fraction of sp³-hybridized carbons (Fsp3) is 0.300. The standard InChI is InChI=1S/C20H23N3O3S2.ClH/c1-22(2)11-12-23(17(24)10-7-14-6-5-13-27-14)20-21-18-15(25-3)8-9-16(26-4)19(18)28-20;/h5-10,13H,11-12H2,1-4H3;1H. The van der Waals surface area contributed by atoms with E-state index in [0.29, 0.717) is 28.7 Å². The van der Waals surface area contributed by atoms with Crippen LogP contribution in [-0.2, 0) is 4.79 Å². The molecule has 0 radical (unpaired) electrons. The van der Waals surface area contributed by atoms with Crippen molar-refractivity contribution < 1.29 is 14.3 Å². The van der Waals surface area contributed by atoms with Crippen LogP contribution in [-0.4, -0.2) is 57.2 Å². The molecular weight excluding hydrogens is 430 g/mol.